The molecule has 3 amide bonds. The van der Waals surface area contributed by atoms with E-state index in [1.165, 1.54) is 4.90 Å². The third kappa shape index (κ3) is 6.89. The first-order chi connectivity index (χ1) is 19.0. The van der Waals surface area contributed by atoms with E-state index in [2.05, 4.69) is 5.32 Å². The molecule has 0 aliphatic carbocycles. The Labute approximate surface area is 236 Å². The summed E-state index contributed by atoms with van der Waals surface area (Å²) < 4.78 is 7.88. The molecule has 4 rings (SSSR count). The summed E-state index contributed by atoms with van der Waals surface area (Å²) in [6.07, 6.45) is 1.69. The van der Waals surface area contributed by atoms with Gasteiger partial charge in [0.15, 0.2) is 0 Å². The van der Waals surface area contributed by atoms with Crippen LogP contribution in [0.1, 0.15) is 45.6 Å². The molecule has 1 fully saturated rings. The molecule has 1 aromatic heterocycles. The maximum atomic E-state index is 13.2. The van der Waals surface area contributed by atoms with Crippen molar-refractivity contribution in [3.8, 4) is 11.1 Å². The number of aliphatic hydroxyl groups is 1. The Balaban J connectivity index is 1.45. The highest BCUT2D eigenvalue weighted by molar-refractivity contribution is 7.16. The zero-order chi connectivity index (χ0) is 29.0. The van der Waals surface area contributed by atoms with E-state index in [1.54, 1.807) is 25.3 Å². The van der Waals surface area contributed by atoms with Crippen molar-refractivity contribution < 1.29 is 24.2 Å². The van der Waals surface area contributed by atoms with Crippen molar-refractivity contribution in [2.75, 3.05) is 13.2 Å². The Hall–Kier alpha value is -3.70. The number of rotatable bonds is 8. The van der Waals surface area contributed by atoms with Crippen LogP contribution in [0.25, 0.3) is 21.3 Å². The van der Waals surface area contributed by atoms with Gasteiger partial charge in [-0.3, -0.25) is 23.9 Å². The van der Waals surface area contributed by atoms with E-state index in [0.29, 0.717) is 13.0 Å². The number of amides is 3. The number of benzene rings is 2. The first-order valence-corrected chi connectivity index (χ1v) is 14.2. The number of nitrogens with zero attached hydrogens (tertiary/aromatic N) is 2. The third-order valence-electron chi connectivity index (χ3n) is 6.81. The average molecular weight is 569 g/mol. The maximum Gasteiger partial charge on any atom is 0.410 e. The van der Waals surface area contributed by atoms with E-state index in [9.17, 15) is 24.3 Å². The zero-order valence-electron chi connectivity index (χ0n) is 23.0. The third-order valence-corrected chi connectivity index (χ3v) is 7.75. The predicted molar refractivity (Wildman–Crippen MR) is 154 cm³/mol. The SMILES string of the molecule is CC(C)(C)OC(=O)N1CCCCC1C(=O)N[C@@H](Cc1ccc(-c2ccc3c(c2)sc(=O)n3CCO)cc1)C(N)=O. The molecule has 2 aromatic carbocycles. The largest absolute Gasteiger partial charge is 0.444 e. The molecule has 3 aromatic rings. The highest BCUT2D eigenvalue weighted by Crippen LogP contribution is 2.27. The lowest BCUT2D eigenvalue weighted by atomic mass is 9.99. The van der Waals surface area contributed by atoms with Gasteiger partial charge in [-0.05, 0) is 68.9 Å². The van der Waals surface area contributed by atoms with Crippen LogP contribution in [0.2, 0.25) is 0 Å². The minimum atomic E-state index is -0.944. The van der Waals surface area contributed by atoms with Crippen molar-refractivity contribution in [2.45, 2.75) is 70.7 Å². The number of aliphatic hydroxyl groups excluding tert-OH is 1. The van der Waals surface area contributed by atoms with Gasteiger partial charge in [-0.25, -0.2) is 4.79 Å². The summed E-state index contributed by atoms with van der Waals surface area (Å²) in [4.78, 5) is 51.7. The van der Waals surface area contributed by atoms with Crippen molar-refractivity contribution in [2.24, 2.45) is 5.73 Å². The van der Waals surface area contributed by atoms with Gasteiger partial charge in [-0.15, -0.1) is 0 Å². The van der Waals surface area contributed by atoms with Crippen LogP contribution in [-0.2, 0) is 27.3 Å². The average Bonchev–Trinajstić information content (AvgIpc) is 3.21. The number of ether oxygens (including phenoxy) is 1. The number of carbonyl (C=O) groups excluding carboxylic acids is 3. The summed E-state index contributed by atoms with van der Waals surface area (Å²) in [6, 6.07) is 11.6. The van der Waals surface area contributed by atoms with Crippen molar-refractivity contribution in [1.29, 1.82) is 0 Å². The molecule has 0 saturated carbocycles. The molecule has 1 aliphatic heterocycles. The molecule has 1 unspecified atom stereocenters. The first-order valence-electron chi connectivity index (χ1n) is 13.4. The molecule has 1 aliphatic rings. The van der Waals surface area contributed by atoms with Gasteiger partial charge in [0.2, 0.25) is 11.8 Å². The summed E-state index contributed by atoms with van der Waals surface area (Å²) >= 11 is 1.14. The molecule has 4 N–H and O–H groups in total. The van der Waals surface area contributed by atoms with E-state index in [1.807, 2.05) is 42.5 Å². The lowest BCUT2D eigenvalue weighted by Gasteiger charge is -2.36. The topological polar surface area (TPSA) is 144 Å². The van der Waals surface area contributed by atoms with Gasteiger partial charge in [0.05, 0.1) is 23.4 Å². The quantitative estimate of drug-likeness (QED) is 0.381. The summed E-state index contributed by atoms with van der Waals surface area (Å²) in [6.45, 7) is 5.87. The standard InChI is InChI=1S/C29H36N4O6S/c1-29(2,3)39-27(37)32-13-5-4-6-23(32)26(36)31-21(25(30)35)16-18-7-9-19(10-8-18)20-11-12-22-24(17-20)40-28(38)33(22)14-15-34/h7-12,17,21,23,34H,4-6,13-16H2,1-3H3,(H2,30,35)(H,31,36)/t21-,23?/m0/s1. The van der Waals surface area contributed by atoms with Gasteiger partial charge in [0, 0.05) is 13.0 Å². The zero-order valence-corrected chi connectivity index (χ0v) is 23.8. The van der Waals surface area contributed by atoms with Crippen LogP contribution in [-0.4, -0.2) is 63.3 Å². The van der Waals surface area contributed by atoms with Gasteiger partial charge in [0.1, 0.15) is 17.7 Å². The fourth-order valence-electron chi connectivity index (χ4n) is 4.86. The Bertz CT molecular complexity index is 1440. The highest BCUT2D eigenvalue weighted by Gasteiger charge is 2.36. The smallest absolute Gasteiger partial charge is 0.410 e. The van der Waals surface area contributed by atoms with E-state index in [4.69, 9.17) is 10.5 Å². The Morgan fingerprint density at radius 3 is 2.48 bits per heavy atom. The van der Waals surface area contributed by atoms with Crippen molar-refractivity contribution in [1.82, 2.24) is 14.8 Å². The number of aromatic nitrogens is 1. The van der Waals surface area contributed by atoms with Gasteiger partial charge in [0.25, 0.3) is 0 Å². The lowest BCUT2D eigenvalue weighted by Crippen LogP contribution is -2.56. The minimum Gasteiger partial charge on any atom is -0.444 e. The number of fused-ring (bicyclic) bond motifs is 1. The number of hydrogen-bond donors (Lipinski definition) is 3. The van der Waals surface area contributed by atoms with Gasteiger partial charge < -0.3 is 20.9 Å². The normalized spacial score (nSPS) is 16.5. The predicted octanol–water partition coefficient (Wildman–Crippen LogP) is 3.02. The fourth-order valence-corrected chi connectivity index (χ4v) is 5.82. The number of nitrogens with two attached hydrogens (primary N) is 1. The van der Waals surface area contributed by atoms with Gasteiger partial charge in [-0.2, -0.15) is 0 Å². The van der Waals surface area contributed by atoms with Crippen LogP contribution in [0.5, 0.6) is 0 Å². The Morgan fingerprint density at radius 1 is 1.12 bits per heavy atom. The fraction of sp³-hybridized carbons (Fsp3) is 0.448. The molecular formula is C29H36N4O6S. The molecule has 1 saturated heterocycles. The number of thiazole rings is 1. The van der Waals surface area contributed by atoms with Crippen molar-refractivity contribution in [3.05, 3.63) is 57.7 Å². The Morgan fingerprint density at radius 2 is 1.82 bits per heavy atom. The van der Waals surface area contributed by atoms with Crippen LogP contribution < -0.4 is 15.9 Å². The summed E-state index contributed by atoms with van der Waals surface area (Å²) in [5.74, 6) is -1.09. The van der Waals surface area contributed by atoms with E-state index < -0.39 is 35.6 Å². The molecular weight excluding hydrogens is 532 g/mol. The maximum absolute atomic E-state index is 13.2. The summed E-state index contributed by atoms with van der Waals surface area (Å²) in [5.41, 5.74) is 8.41. The van der Waals surface area contributed by atoms with E-state index >= 15 is 0 Å². The van der Waals surface area contributed by atoms with Gasteiger partial charge >= 0.3 is 11.0 Å². The monoisotopic (exact) mass is 568 g/mol. The minimum absolute atomic E-state index is 0.107. The molecule has 40 heavy (non-hydrogen) atoms. The van der Waals surface area contributed by atoms with Crippen molar-refractivity contribution in [3.63, 3.8) is 0 Å². The molecule has 2 heterocycles. The van der Waals surface area contributed by atoms with Gasteiger partial charge in [-0.1, -0.05) is 41.7 Å². The highest BCUT2D eigenvalue weighted by atomic mass is 32.1. The summed E-state index contributed by atoms with van der Waals surface area (Å²) in [5, 5.41) is 12.0. The van der Waals surface area contributed by atoms with Crippen LogP contribution in [0.15, 0.2) is 47.3 Å². The first kappa shape index (κ1) is 29.3. The molecule has 214 valence electrons. The molecule has 0 spiro atoms. The number of carbonyl (C=O) groups is 3. The van der Waals surface area contributed by atoms with Crippen LogP contribution in [0.3, 0.4) is 0 Å². The number of piperidine rings is 1. The van der Waals surface area contributed by atoms with Crippen LogP contribution in [0, 0.1) is 0 Å². The van der Waals surface area contributed by atoms with E-state index in [-0.39, 0.29) is 24.4 Å². The molecule has 10 nitrogen and oxygen atoms in total. The summed E-state index contributed by atoms with van der Waals surface area (Å²) in [7, 11) is 0. The van der Waals surface area contributed by atoms with Crippen molar-refractivity contribution >= 4 is 39.5 Å². The molecule has 0 radical (unpaired) electrons. The van der Waals surface area contributed by atoms with Crippen LogP contribution in [0.4, 0.5) is 4.79 Å². The number of likely N-dealkylation sites (tertiary alicyclic amines) is 1. The lowest BCUT2D eigenvalue weighted by molar-refractivity contribution is -0.131. The number of hydrogen-bond acceptors (Lipinski definition) is 7. The molecule has 11 heteroatoms. The molecule has 0 bridgehead atoms. The van der Waals surface area contributed by atoms with Crippen LogP contribution >= 0.6 is 11.3 Å². The van der Waals surface area contributed by atoms with E-state index in [0.717, 1.165) is 51.1 Å². The second kappa shape index (κ2) is 12.2. The number of primary amides is 1. The molecule has 2 atom stereocenters. The number of nitrogens with one attached hydrogen (secondary N) is 1. The Kier molecular flexibility index (Phi) is 8.95. The second-order valence-corrected chi connectivity index (χ2v) is 12.0. The second-order valence-electron chi connectivity index (χ2n) is 11.0.